The van der Waals surface area contributed by atoms with Crippen molar-refractivity contribution in [3.05, 3.63) is 46.8 Å². The smallest absolute Gasteiger partial charge is 0.265 e. The van der Waals surface area contributed by atoms with Crippen molar-refractivity contribution >= 4 is 32.4 Å². The van der Waals surface area contributed by atoms with E-state index in [9.17, 15) is 4.79 Å². The fourth-order valence-electron chi connectivity index (χ4n) is 1.68. The van der Waals surface area contributed by atoms with Gasteiger partial charge in [0.05, 0.1) is 10.1 Å². The van der Waals surface area contributed by atoms with E-state index in [-0.39, 0.29) is 5.56 Å². The second kappa shape index (κ2) is 2.69. The van der Waals surface area contributed by atoms with E-state index in [0.717, 1.165) is 15.5 Å². The molecule has 0 bridgehead atoms. The summed E-state index contributed by atoms with van der Waals surface area (Å²) in [6.45, 7) is 0. The zero-order valence-electron chi connectivity index (χ0n) is 7.28. The van der Waals surface area contributed by atoms with Gasteiger partial charge in [0.1, 0.15) is 0 Å². The first-order chi connectivity index (χ1) is 6.86. The second-order valence-corrected chi connectivity index (χ2v) is 4.01. The molecule has 2 nitrogen and oxygen atoms in total. The highest BCUT2D eigenvalue weighted by Crippen LogP contribution is 2.25. The number of H-pyrrole nitrogens is 1. The van der Waals surface area contributed by atoms with E-state index in [1.165, 1.54) is 16.9 Å². The van der Waals surface area contributed by atoms with Gasteiger partial charge < -0.3 is 0 Å². The molecule has 0 aliphatic heterocycles. The predicted octanol–water partition coefficient (Wildman–Crippen LogP) is 2.74. The Bertz CT molecular complexity index is 665. The maximum absolute atomic E-state index is 11.4. The molecule has 1 N–H and O–H groups in total. The lowest BCUT2D eigenvalue weighted by atomic mass is 10.1. The van der Waals surface area contributed by atoms with Crippen LogP contribution >= 0.6 is 11.5 Å². The Morgan fingerprint density at radius 2 is 1.86 bits per heavy atom. The predicted molar refractivity (Wildman–Crippen MR) is 60.0 cm³/mol. The van der Waals surface area contributed by atoms with Gasteiger partial charge in [-0.2, -0.15) is 0 Å². The van der Waals surface area contributed by atoms with Crippen LogP contribution in [0, 0.1) is 0 Å². The summed E-state index contributed by atoms with van der Waals surface area (Å²) in [5, 5.41) is 3.11. The van der Waals surface area contributed by atoms with Crippen LogP contribution in [-0.2, 0) is 0 Å². The maximum atomic E-state index is 11.4. The molecule has 0 saturated carbocycles. The van der Waals surface area contributed by atoms with Gasteiger partial charge in [-0.05, 0) is 11.5 Å². The summed E-state index contributed by atoms with van der Waals surface area (Å²) in [7, 11) is 0. The number of hydrogen-bond donors (Lipinski definition) is 1. The van der Waals surface area contributed by atoms with Crippen molar-refractivity contribution in [2.45, 2.75) is 0 Å². The molecule has 0 aliphatic carbocycles. The lowest BCUT2D eigenvalue weighted by Crippen LogP contribution is -1.95. The van der Waals surface area contributed by atoms with Gasteiger partial charge in [-0.15, -0.1) is 0 Å². The minimum absolute atomic E-state index is 0.00996. The van der Waals surface area contributed by atoms with Crippen molar-refractivity contribution in [1.29, 1.82) is 0 Å². The molecule has 0 radical (unpaired) electrons. The molecule has 2 aromatic carbocycles. The monoisotopic (exact) mass is 201 g/mol. The van der Waals surface area contributed by atoms with Gasteiger partial charge in [0, 0.05) is 5.39 Å². The SMILES string of the molecule is O=c1[nH]sc2c1ccc1ccccc12. The van der Waals surface area contributed by atoms with E-state index in [1.807, 2.05) is 30.3 Å². The molecular weight excluding hydrogens is 194 g/mol. The standard InChI is InChI=1S/C11H7NOS/c13-11-9-6-5-7-3-1-2-4-8(7)10(9)14-12-11/h1-6H,(H,12,13). The number of fused-ring (bicyclic) bond motifs is 3. The molecular formula is C11H7NOS. The minimum atomic E-state index is 0.00996. The molecule has 0 atom stereocenters. The molecule has 14 heavy (non-hydrogen) atoms. The van der Waals surface area contributed by atoms with Crippen LogP contribution in [0.3, 0.4) is 0 Å². The van der Waals surface area contributed by atoms with Crippen LogP contribution in [0.15, 0.2) is 41.2 Å². The average Bonchev–Trinajstić information content (AvgIpc) is 2.61. The summed E-state index contributed by atoms with van der Waals surface area (Å²) < 4.78 is 3.80. The van der Waals surface area contributed by atoms with Gasteiger partial charge in [-0.3, -0.25) is 9.17 Å². The molecule has 0 fully saturated rings. The van der Waals surface area contributed by atoms with E-state index in [2.05, 4.69) is 10.4 Å². The summed E-state index contributed by atoms with van der Waals surface area (Å²) >= 11 is 1.41. The van der Waals surface area contributed by atoms with E-state index in [1.54, 1.807) is 0 Å². The van der Waals surface area contributed by atoms with Crippen molar-refractivity contribution in [3.8, 4) is 0 Å². The molecule has 0 unspecified atom stereocenters. The molecule has 68 valence electrons. The summed E-state index contributed by atoms with van der Waals surface area (Å²) in [6.07, 6.45) is 0. The van der Waals surface area contributed by atoms with Crippen molar-refractivity contribution in [2.75, 3.05) is 0 Å². The first kappa shape index (κ1) is 7.76. The van der Waals surface area contributed by atoms with Crippen LogP contribution in [0.5, 0.6) is 0 Å². The normalized spacial score (nSPS) is 11.1. The largest absolute Gasteiger partial charge is 0.277 e. The first-order valence-corrected chi connectivity index (χ1v) is 5.17. The third-order valence-electron chi connectivity index (χ3n) is 2.37. The molecule has 0 aliphatic rings. The Balaban J connectivity index is 2.68. The molecule has 0 amide bonds. The summed E-state index contributed by atoms with van der Waals surface area (Å²) in [4.78, 5) is 11.4. The van der Waals surface area contributed by atoms with Crippen LogP contribution in [0.1, 0.15) is 0 Å². The summed E-state index contributed by atoms with van der Waals surface area (Å²) in [6, 6.07) is 12.0. The molecule has 0 spiro atoms. The Morgan fingerprint density at radius 3 is 2.79 bits per heavy atom. The third kappa shape index (κ3) is 0.930. The van der Waals surface area contributed by atoms with Crippen LogP contribution in [0.25, 0.3) is 20.9 Å². The first-order valence-electron chi connectivity index (χ1n) is 4.35. The van der Waals surface area contributed by atoms with Crippen LogP contribution in [-0.4, -0.2) is 4.37 Å². The lowest BCUT2D eigenvalue weighted by Gasteiger charge is -1.96. The van der Waals surface area contributed by atoms with Gasteiger partial charge in [0.2, 0.25) is 0 Å². The van der Waals surface area contributed by atoms with Crippen molar-refractivity contribution in [3.63, 3.8) is 0 Å². The molecule has 3 rings (SSSR count). The van der Waals surface area contributed by atoms with E-state index >= 15 is 0 Å². The molecule has 1 heterocycles. The zero-order chi connectivity index (χ0) is 9.54. The van der Waals surface area contributed by atoms with Gasteiger partial charge in [-0.1, -0.05) is 41.9 Å². The lowest BCUT2D eigenvalue weighted by molar-refractivity contribution is 1.46. The molecule has 3 heteroatoms. The maximum Gasteiger partial charge on any atom is 0.265 e. The van der Waals surface area contributed by atoms with E-state index in [0.29, 0.717) is 0 Å². The number of aromatic nitrogens is 1. The average molecular weight is 201 g/mol. The molecule has 3 aromatic rings. The second-order valence-electron chi connectivity index (χ2n) is 3.20. The van der Waals surface area contributed by atoms with E-state index in [4.69, 9.17) is 0 Å². The minimum Gasteiger partial charge on any atom is -0.277 e. The number of nitrogens with one attached hydrogen (secondary N) is 1. The Labute approximate surface area is 84.0 Å². The highest BCUT2D eigenvalue weighted by atomic mass is 32.1. The van der Waals surface area contributed by atoms with Crippen molar-refractivity contribution < 1.29 is 0 Å². The number of hydrogen-bond acceptors (Lipinski definition) is 2. The van der Waals surface area contributed by atoms with Crippen molar-refractivity contribution in [2.24, 2.45) is 0 Å². The van der Waals surface area contributed by atoms with E-state index < -0.39 is 0 Å². The summed E-state index contributed by atoms with van der Waals surface area (Å²) in [5.74, 6) is 0. The van der Waals surface area contributed by atoms with Crippen LogP contribution in [0.4, 0.5) is 0 Å². The Morgan fingerprint density at radius 1 is 1.00 bits per heavy atom. The van der Waals surface area contributed by atoms with Gasteiger partial charge in [0.15, 0.2) is 0 Å². The fourth-order valence-corrected chi connectivity index (χ4v) is 2.56. The number of rotatable bonds is 0. The zero-order valence-corrected chi connectivity index (χ0v) is 8.10. The highest BCUT2D eigenvalue weighted by Gasteiger charge is 2.04. The fraction of sp³-hybridized carbons (Fsp3) is 0. The molecule has 0 saturated heterocycles. The van der Waals surface area contributed by atoms with Crippen LogP contribution in [0.2, 0.25) is 0 Å². The number of benzene rings is 2. The quantitative estimate of drug-likeness (QED) is 0.596. The Kier molecular flexibility index (Phi) is 1.49. The number of aromatic amines is 1. The van der Waals surface area contributed by atoms with Crippen LogP contribution < -0.4 is 5.56 Å². The van der Waals surface area contributed by atoms with Gasteiger partial charge >= 0.3 is 0 Å². The highest BCUT2D eigenvalue weighted by molar-refractivity contribution is 7.14. The Hall–Kier alpha value is -1.61. The van der Waals surface area contributed by atoms with Gasteiger partial charge in [-0.25, -0.2) is 0 Å². The van der Waals surface area contributed by atoms with Crippen molar-refractivity contribution in [1.82, 2.24) is 4.37 Å². The molecule has 1 aromatic heterocycles. The van der Waals surface area contributed by atoms with Gasteiger partial charge in [0.25, 0.3) is 5.56 Å². The summed E-state index contributed by atoms with van der Waals surface area (Å²) in [5.41, 5.74) is 0.00996. The third-order valence-corrected chi connectivity index (χ3v) is 3.30. The topological polar surface area (TPSA) is 32.9 Å².